The monoisotopic (exact) mass is 364 g/mol. The van der Waals surface area contributed by atoms with Gasteiger partial charge in [-0.3, -0.25) is 0 Å². The van der Waals surface area contributed by atoms with Crippen molar-refractivity contribution in [2.45, 2.75) is 12.8 Å². The lowest BCUT2D eigenvalue weighted by Crippen LogP contribution is -2.05. The summed E-state index contributed by atoms with van der Waals surface area (Å²) in [6.07, 6.45) is -4.38. The molecule has 20 heavy (non-hydrogen) atoms. The van der Waals surface area contributed by atoms with Gasteiger partial charge in [0.2, 0.25) is 0 Å². The van der Waals surface area contributed by atoms with Crippen LogP contribution in [0.5, 0.6) is 5.75 Å². The van der Waals surface area contributed by atoms with Crippen LogP contribution in [0.15, 0.2) is 46.9 Å². The molecular formula is C14H9BrClF3O. The van der Waals surface area contributed by atoms with Crippen LogP contribution in [0.4, 0.5) is 13.2 Å². The van der Waals surface area contributed by atoms with Gasteiger partial charge in [0.05, 0.1) is 5.56 Å². The average molecular weight is 366 g/mol. The first-order valence-electron chi connectivity index (χ1n) is 5.60. The van der Waals surface area contributed by atoms with E-state index in [9.17, 15) is 13.2 Å². The Hall–Kier alpha value is -1.20. The summed E-state index contributed by atoms with van der Waals surface area (Å²) < 4.78 is 43.8. The minimum atomic E-state index is -4.38. The Bertz CT molecular complexity index is 614. The van der Waals surface area contributed by atoms with Crippen LogP contribution in [0, 0.1) is 0 Å². The van der Waals surface area contributed by atoms with Crippen molar-refractivity contribution >= 4 is 27.5 Å². The van der Waals surface area contributed by atoms with Crippen LogP contribution in [0.3, 0.4) is 0 Å². The van der Waals surface area contributed by atoms with Crippen molar-refractivity contribution in [3.63, 3.8) is 0 Å². The van der Waals surface area contributed by atoms with Crippen molar-refractivity contribution in [1.82, 2.24) is 0 Å². The Morgan fingerprint density at radius 2 is 1.85 bits per heavy atom. The molecule has 0 aliphatic heterocycles. The van der Waals surface area contributed by atoms with Crippen molar-refractivity contribution in [2.75, 3.05) is 0 Å². The normalized spacial score (nSPS) is 11.4. The van der Waals surface area contributed by atoms with Crippen LogP contribution in [0.25, 0.3) is 0 Å². The zero-order chi connectivity index (χ0) is 14.8. The molecule has 0 amide bonds. The molecule has 2 aromatic carbocycles. The van der Waals surface area contributed by atoms with Gasteiger partial charge in [-0.15, -0.1) is 0 Å². The molecule has 0 aliphatic rings. The molecular weight excluding hydrogens is 357 g/mol. The molecule has 0 atom stereocenters. The third-order valence-electron chi connectivity index (χ3n) is 2.57. The molecule has 0 aliphatic carbocycles. The predicted octanol–water partition coefficient (Wildman–Crippen LogP) is 5.70. The second kappa shape index (κ2) is 6.06. The fourth-order valence-electron chi connectivity index (χ4n) is 1.56. The van der Waals surface area contributed by atoms with Gasteiger partial charge >= 0.3 is 6.18 Å². The van der Waals surface area contributed by atoms with Gasteiger partial charge in [-0.25, -0.2) is 0 Å². The van der Waals surface area contributed by atoms with Crippen LogP contribution in [-0.4, -0.2) is 0 Å². The Balaban J connectivity index is 2.11. The van der Waals surface area contributed by atoms with Crippen molar-refractivity contribution in [1.29, 1.82) is 0 Å². The fraction of sp³-hybridized carbons (Fsp3) is 0.143. The van der Waals surface area contributed by atoms with Gasteiger partial charge in [-0.05, 0) is 30.3 Å². The highest BCUT2D eigenvalue weighted by Gasteiger charge is 2.30. The second-order valence-electron chi connectivity index (χ2n) is 4.05. The standard InChI is InChI=1S/C14H9BrClF3O/c15-11-5-4-9(13(16)7-11)8-20-12-3-1-2-10(6-12)14(17,18)19/h1-7H,8H2. The van der Waals surface area contributed by atoms with E-state index in [0.29, 0.717) is 10.6 Å². The fourth-order valence-corrected chi connectivity index (χ4v) is 2.29. The van der Waals surface area contributed by atoms with Crippen molar-refractivity contribution in [2.24, 2.45) is 0 Å². The maximum absolute atomic E-state index is 12.6. The Morgan fingerprint density at radius 3 is 2.50 bits per heavy atom. The third-order valence-corrected chi connectivity index (χ3v) is 3.42. The maximum atomic E-state index is 12.6. The molecule has 0 fully saturated rings. The summed E-state index contributed by atoms with van der Waals surface area (Å²) in [5.41, 5.74) is -0.0378. The number of alkyl halides is 3. The number of ether oxygens (including phenoxy) is 1. The highest BCUT2D eigenvalue weighted by molar-refractivity contribution is 9.10. The van der Waals surface area contributed by atoms with Crippen molar-refractivity contribution in [3.8, 4) is 5.75 Å². The predicted molar refractivity (Wildman–Crippen MR) is 74.9 cm³/mol. The van der Waals surface area contributed by atoms with Crippen LogP contribution >= 0.6 is 27.5 Å². The summed E-state index contributed by atoms with van der Waals surface area (Å²) in [4.78, 5) is 0. The van der Waals surface area contributed by atoms with Gasteiger partial charge in [0.1, 0.15) is 12.4 Å². The van der Waals surface area contributed by atoms with Gasteiger partial charge in [0, 0.05) is 15.1 Å². The number of hydrogen-bond donors (Lipinski definition) is 0. The van der Waals surface area contributed by atoms with Crippen LogP contribution in [0.1, 0.15) is 11.1 Å². The number of halogens is 5. The largest absolute Gasteiger partial charge is 0.489 e. The van der Waals surface area contributed by atoms with Gasteiger partial charge < -0.3 is 4.74 Å². The molecule has 6 heteroatoms. The summed E-state index contributed by atoms with van der Waals surface area (Å²) in [6, 6.07) is 9.98. The van der Waals surface area contributed by atoms with Crippen LogP contribution < -0.4 is 4.74 Å². The molecule has 0 unspecified atom stereocenters. The quantitative estimate of drug-likeness (QED) is 0.678. The van der Waals surface area contributed by atoms with E-state index in [1.165, 1.54) is 12.1 Å². The van der Waals surface area contributed by atoms with Gasteiger partial charge in [0.25, 0.3) is 0 Å². The molecule has 0 aromatic heterocycles. The third kappa shape index (κ3) is 3.90. The van der Waals surface area contributed by atoms with Gasteiger partial charge in [-0.1, -0.05) is 39.7 Å². The Kier molecular flexibility index (Phi) is 4.60. The van der Waals surface area contributed by atoms with E-state index in [1.807, 2.05) is 0 Å². The van der Waals surface area contributed by atoms with E-state index in [2.05, 4.69) is 15.9 Å². The molecule has 0 heterocycles. The number of rotatable bonds is 3. The average Bonchev–Trinajstić information content (AvgIpc) is 2.37. The lowest BCUT2D eigenvalue weighted by molar-refractivity contribution is -0.137. The number of hydrogen-bond acceptors (Lipinski definition) is 1. The topological polar surface area (TPSA) is 9.23 Å². The van der Waals surface area contributed by atoms with E-state index in [-0.39, 0.29) is 12.4 Å². The first kappa shape index (κ1) is 15.2. The molecule has 0 bridgehead atoms. The lowest BCUT2D eigenvalue weighted by Gasteiger charge is -2.11. The maximum Gasteiger partial charge on any atom is 0.416 e. The minimum Gasteiger partial charge on any atom is -0.489 e. The Labute approximate surface area is 127 Å². The SMILES string of the molecule is FC(F)(F)c1cccc(OCc2ccc(Br)cc2Cl)c1. The summed E-state index contributed by atoms with van der Waals surface area (Å²) in [5, 5.41) is 0.492. The molecule has 0 saturated heterocycles. The van der Waals surface area contributed by atoms with E-state index in [0.717, 1.165) is 16.6 Å². The molecule has 106 valence electrons. The zero-order valence-electron chi connectivity index (χ0n) is 10.0. The van der Waals surface area contributed by atoms with Crippen LogP contribution in [-0.2, 0) is 12.8 Å². The molecule has 1 nitrogen and oxygen atoms in total. The molecule has 0 saturated carbocycles. The minimum absolute atomic E-state index is 0.105. The van der Waals surface area contributed by atoms with Gasteiger partial charge in [0.15, 0.2) is 0 Å². The second-order valence-corrected chi connectivity index (χ2v) is 5.37. The van der Waals surface area contributed by atoms with Crippen molar-refractivity contribution in [3.05, 3.63) is 63.1 Å². The van der Waals surface area contributed by atoms with E-state index in [4.69, 9.17) is 16.3 Å². The summed E-state index contributed by atoms with van der Waals surface area (Å²) in [7, 11) is 0. The van der Waals surface area contributed by atoms with E-state index < -0.39 is 11.7 Å². The highest BCUT2D eigenvalue weighted by atomic mass is 79.9. The highest BCUT2D eigenvalue weighted by Crippen LogP contribution is 2.31. The molecule has 0 N–H and O–H groups in total. The Morgan fingerprint density at radius 1 is 1.10 bits per heavy atom. The number of benzene rings is 2. The first-order chi connectivity index (χ1) is 9.36. The molecule has 2 rings (SSSR count). The van der Waals surface area contributed by atoms with E-state index >= 15 is 0 Å². The molecule has 0 spiro atoms. The smallest absolute Gasteiger partial charge is 0.416 e. The first-order valence-corrected chi connectivity index (χ1v) is 6.77. The zero-order valence-corrected chi connectivity index (χ0v) is 12.4. The van der Waals surface area contributed by atoms with Crippen molar-refractivity contribution < 1.29 is 17.9 Å². The van der Waals surface area contributed by atoms with Crippen LogP contribution in [0.2, 0.25) is 5.02 Å². The van der Waals surface area contributed by atoms with Gasteiger partial charge in [-0.2, -0.15) is 13.2 Å². The lowest BCUT2D eigenvalue weighted by atomic mass is 10.2. The summed E-state index contributed by atoms with van der Waals surface area (Å²) in [5.74, 6) is 0.152. The van der Waals surface area contributed by atoms with E-state index in [1.54, 1.807) is 18.2 Å². The molecule has 0 radical (unpaired) electrons. The summed E-state index contributed by atoms with van der Waals surface area (Å²) in [6.45, 7) is 0.105. The molecule has 2 aromatic rings. The summed E-state index contributed by atoms with van der Waals surface area (Å²) >= 11 is 9.28.